The standard InChI is InChI=1S/C23H20N4O7/c28-21(15-5-3-6-17(11-15)26(31)32)24(12-16-4-1-2-7-18(16)27(33)34)25-22(29)19-13-8-9-14(10-13)20(19)23(25)30/h1-7,11,13-14,19-20H,8-10,12H2/t13-,14-,19+,20+/m0/s1. The molecule has 174 valence electrons. The molecule has 34 heavy (non-hydrogen) atoms. The third-order valence-corrected chi connectivity index (χ3v) is 7.19. The second kappa shape index (κ2) is 8.01. The van der Waals surface area contributed by atoms with Gasteiger partial charge in [-0.05, 0) is 37.2 Å². The summed E-state index contributed by atoms with van der Waals surface area (Å²) in [5, 5.41) is 24.5. The highest BCUT2D eigenvalue weighted by atomic mass is 16.6. The van der Waals surface area contributed by atoms with Crippen molar-refractivity contribution in [2.45, 2.75) is 25.8 Å². The lowest BCUT2D eigenvalue weighted by Gasteiger charge is -2.31. The van der Waals surface area contributed by atoms with Crippen molar-refractivity contribution in [3.05, 3.63) is 79.9 Å². The number of non-ortho nitro benzene ring substituents is 1. The highest BCUT2D eigenvalue weighted by molar-refractivity contribution is 6.08. The first kappa shape index (κ1) is 21.7. The van der Waals surface area contributed by atoms with E-state index in [1.54, 1.807) is 6.07 Å². The van der Waals surface area contributed by atoms with E-state index < -0.39 is 45.9 Å². The average molecular weight is 464 g/mol. The summed E-state index contributed by atoms with van der Waals surface area (Å²) in [6.45, 7) is -0.412. The van der Waals surface area contributed by atoms with Gasteiger partial charge in [0.1, 0.15) is 0 Å². The molecule has 3 fully saturated rings. The first-order valence-corrected chi connectivity index (χ1v) is 10.9. The van der Waals surface area contributed by atoms with Crippen molar-refractivity contribution < 1.29 is 24.2 Å². The molecule has 2 bridgehead atoms. The summed E-state index contributed by atoms with van der Waals surface area (Å²) >= 11 is 0. The van der Waals surface area contributed by atoms with E-state index in [1.807, 2.05) is 0 Å². The van der Waals surface area contributed by atoms with Crippen molar-refractivity contribution in [3.8, 4) is 0 Å². The van der Waals surface area contributed by atoms with E-state index in [1.165, 1.54) is 36.4 Å². The highest BCUT2D eigenvalue weighted by Crippen LogP contribution is 2.56. The molecule has 2 saturated carbocycles. The first-order chi connectivity index (χ1) is 16.3. The average Bonchev–Trinajstić information content (AvgIpc) is 3.51. The van der Waals surface area contributed by atoms with E-state index in [-0.39, 0.29) is 34.3 Å². The van der Waals surface area contributed by atoms with E-state index in [4.69, 9.17) is 0 Å². The Hall–Kier alpha value is -4.15. The minimum absolute atomic E-state index is 0.0808. The van der Waals surface area contributed by atoms with Crippen LogP contribution >= 0.6 is 0 Å². The SMILES string of the molecule is O=C(c1cccc([N+](=O)[O-])c1)N(Cc1ccccc1[N+](=O)[O-])N1C(=O)[C@@H]2[C@H]3CC[C@@H](C3)[C@H]2C1=O. The Morgan fingerprint density at radius 3 is 2.21 bits per heavy atom. The Kier molecular flexibility index (Phi) is 5.11. The number of hydrogen-bond donors (Lipinski definition) is 0. The van der Waals surface area contributed by atoms with Crippen LogP contribution in [-0.4, -0.2) is 37.6 Å². The number of carbonyl (C=O) groups excluding carboxylic acids is 3. The van der Waals surface area contributed by atoms with E-state index in [0.29, 0.717) is 0 Å². The summed E-state index contributed by atoms with van der Waals surface area (Å²) in [7, 11) is 0. The molecule has 11 heteroatoms. The van der Waals surface area contributed by atoms with Crippen molar-refractivity contribution in [2.75, 3.05) is 0 Å². The fourth-order valence-corrected chi connectivity index (χ4v) is 5.75. The molecule has 0 aromatic heterocycles. The van der Waals surface area contributed by atoms with Gasteiger partial charge in [0.05, 0.1) is 33.8 Å². The van der Waals surface area contributed by atoms with Crippen molar-refractivity contribution >= 4 is 29.1 Å². The van der Waals surface area contributed by atoms with Gasteiger partial charge in [0.2, 0.25) is 0 Å². The smallest absolute Gasteiger partial charge is 0.272 e. The number of amides is 3. The molecular weight excluding hydrogens is 444 g/mol. The van der Waals surface area contributed by atoms with Gasteiger partial charge in [0, 0.05) is 23.8 Å². The van der Waals surface area contributed by atoms with Crippen molar-refractivity contribution in [1.82, 2.24) is 10.0 Å². The summed E-state index contributed by atoms with van der Waals surface area (Å²) in [4.78, 5) is 61.9. The molecule has 1 heterocycles. The summed E-state index contributed by atoms with van der Waals surface area (Å²) in [5.41, 5.74) is -0.565. The van der Waals surface area contributed by atoms with Crippen molar-refractivity contribution in [2.24, 2.45) is 23.7 Å². The predicted octanol–water partition coefficient (Wildman–Crippen LogP) is 3.09. The molecular formula is C23H20N4O7. The number of benzene rings is 2. The molecule has 2 aliphatic carbocycles. The van der Waals surface area contributed by atoms with Crippen molar-refractivity contribution in [1.29, 1.82) is 0 Å². The van der Waals surface area contributed by atoms with Crippen LogP contribution in [-0.2, 0) is 16.1 Å². The van der Waals surface area contributed by atoms with Crippen LogP contribution in [0.5, 0.6) is 0 Å². The van der Waals surface area contributed by atoms with E-state index in [0.717, 1.165) is 35.3 Å². The molecule has 3 aliphatic rings. The largest absolute Gasteiger partial charge is 0.274 e. The number of nitro benzene ring substituents is 2. The van der Waals surface area contributed by atoms with Crippen LogP contribution < -0.4 is 0 Å². The molecule has 11 nitrogen and oxygen atoms in total. The first-order valence-electron chi connectivity index (χ1n) is 10.9. The third kappa shape index (κ3) is 3.31. The molecule has 0 spiro atoms. The van der Waals surface area contributed by atoms with Crippen LogP contribution in [0.3, 0.4) is 0 Å². The molecule has 0 radical (unpaired) electrons. The molecule has 2 aromatic carbocycles. The highest BCUT2D eigenvalue weighted by Gasteiger charge is 2.62. The fraction of sp³-hybridized carbons (Fsp3) is 0.348. The van der Waals surface area contributed by atoms with Crippen LogP contribution in [0.15, 0.2) is 48.5 Å². The Morgan fingerprint density at radius 1 is 0.941 bits per heavy atom. The molecule has 2 aromatic rings. The Bertz CT molecular complexity index is 1220. The van der Waals surface area contributed by atoms with E-state index >= 15 is 0 Å². The van der Waals surface area contributed by atoms with Gasteiger partial charge >= 0.3 is 0 Å². The molecule has 4 atom stereocenters. The fourth-order valence-electron chi connectivity index (χ4n) is 5.75. The van der Waals surface area contributed by atoms with Gasteiger partial charge in [-0.1, -0.05) is 24.3 Å². The van der Waals surface area contributed by atoms with Crippen LogP contribution in [0.2, 0.25) is 0 Å². The topological polar surface area (TPSA) is 144 Å². The minimum Gasteiger partial charge on any atom is -0.272 e. The molecule has 3 amide bonds. The summed E-state index contributed by atoms with van der Waals surface area (Å²) < 4.78 is 0. The maximum Gasteiger partial charge on any atom is 0.274 e. The number of nitrogens with zero attached hydrogens (tertiary/aromatic N) is 4. The zero-order valence-corrected chi connectivity index (χ0v) is 17.9. The number of rotatable bonds is 6. The summed E-state index contributed by atoms with van der Waals surface area (Å²) in [6.07, 6.45) is 2.51. The molecule has 1 aliphatic heterocycles. The number of imide groups is 1. The molecule has 0 unspecified atom stereocenters. The monoisotopic (exact) mass is 464 g/mol. The second-order valence-corrected chi connectivity index (χ2v) is 8.93. The Labute approximate surface area is 193 Å². The van der Waals surface area contributed by atoms with Gasteiger partial charge in [0.25, 0.3) is 29.1 Å². The lowest BCUT2D eigenvalue weighted by atomic mass is 9.81. The second-order valence-electron chi connectivity index (χ2n) is 8.93. The molecule has 5 rings (SSSR count). The van der Waals surface area contributed by atoms with E-state index in [2.05, 4.69) is 0 Å². The van der Waals surface area contributed by atoms with Crippen LogP contribution in [0.1, 0.15) is 35.2 Å². The predicted molar refractivity (Wildman–Crippen MR) is 116 cm³/mol. The van der Waals surface area contributed by atoms with Gasteiger partial charge in [-0.2, -0.15) is 5.01 Å². The van der Waals surface area contributed by atoms with Gasteiger partial charge in [-0.25, -0.2) is 5.01 Å². The zero-order valence-electron chi connectivity index (χ0n) is 17.9. The molecule has 1 saturated heterocycles. The van der Waals surface area contributed by atoms with E-state index in [9.17, 15) is 34.6 Å². The maximum atomic E-state index is 13.6. The number of carbonyl (C=O) groups is 3. The lowest BCUT2D eigenvalue weighted by molar-refractivity contribution is -0.385. The lowest BCUT2D eigenvalue weighted by Crippen LogP contribution is -2.50. The summed E-state index contributed by atoms with van der Waals surface area (Å²) in [5.74, 6) is -2.64. The van der Waals surface area contributed by atoms with Gasteiger partial charge in [-0.15, -0.1) is 0 Å². The number of nitro groups is 2. The Morgan fingerprint density at radius 2 is 1.59 bits per heavy atom. The van der Waals surface area contributed by atoms with Crippen LogP contribution in [0, 0.1) is 43.9 Å². The van der Waals surface area contributed by atoms with Crippen molar-refractivity contribution in [3.63, 3.8) is 0 Å². The number of hydrogen-bond acceptors (Lipinski definition) is 7. The van der Waals surface area contributed by atoms with Gasteiger partial charge < -0.3 is 0 Å². The maximum absolute atomic E-state index is 13.6. The zero-order chi connectivity index (χ0) is 24.1. The quantitative estimate of drug-likeness (QED) is 0.363. The number of para-hydroxylation sites is 1. The van der Waals surface area contributed by atoms with Gasteiger partial charge in [-0.3, -0.25) is 34.6 Å². The summed E-state index contributed by atoms with van der Waals surface area (Å²) in [6, 6.07) is 10.7. The normalized spacial score (nSPS) is 24.9. The number of hydrazine groups is 1. The van der Waals surface area contributed by atoms with Gasteiger partial charge in [0.15, 0.2) is 0 Å². The molecule has 0 N–H and O–H groups in total. The van der Waals surface area contributed by atoms with Crippen LogP contribution in [0.4, 0.5) is 11.4 Å². The number of fused-ring (bicyclic) bond motifs is 5. The third-order valence-electron chi connectivity index (χ3n) is 7.19. The van der Waals surface area contributed by atoms with Crippen LogP contribution in [0.25, 0.3) is 0 Å². The minimum atomic E-state index is -0.823. The Balaban J connectivity index is 1.57.